The van der Waals surface area contributed by atoms with E-state index in [0.717, 1.165) is 17.1 Å². The second kappa shape index (κ2) is 7.50. The molecule has 0 radical (unpaired) electrons. The maximum Gasteiger partial charge on any atom is 0.163 e. The summed E-state index contributed by atoms with van der Waals surface area (Å²) in [7, 11) is 4.83. The normalized spacial score (nSPS) is 10.1. The van der Waals surface area contributed by atoms with Crippen LogP contribution in [-0.4, -0.2) is 27.1 Å². The molecule has 2 aromatic carbocycles. The highest BCUT2D eigenvalue weighted by atomic mass is 16.5. The highest BCUT2D eigenvalue weighted by Gasteiger charge is 2.10. The van der Waals surface area contributed by atoms with Crippen LogP contribution in [0.15, 0.2) is 42.5 Å². The lowest BCUT2D eigenvalue weighted by molar-refractivity contribution is 0.0982. The molecule has 0 amide bonds. The lowest BCUT2D eigenvalue weighted by Crippen LogP contribution is -2.03. The van der Waals surface area contributed by atoms with Gasteiger partial charge >= 0.3 is 0 Å². The maximum atomic E-state index is 12.3. The molecule has 0 N–H and O–H groups in total. The van der Waals surface area contributed by atoms with E-state index in [2.05, 4.69) is 0 Å². The molecule has 0 saturated heterocycles. The number of benzene rings is 2. The predicted octanol–water partition coefficient (Wildman–Crippen LogP) is 3.53. The van der Waals surface area contributed by atoms with Crippen molar-refractivity contribution in [3.63, 3.8) is 0 Å². The molecule has 0 saturated carbocycles. The minimum absolute atomic E-state index is 0.0729. The number of hydrogen-bond donors (Lipinski definition) is 0. The van der Waals surface area contributed by atoms with Crippen molar-refractivity contribution in [2.24, 2.45) is 0 Å². The van der Waals surface area contributed by atoms with Gasteiger partial charge in [0, 0.05) is 12.0 Å². The summed E-state index contributed by atoms with van der Waals surface area (Å²) in [6, 6.07) is 12.8. The monoisotopic (exact) mass is 300 g/mol. The van der Waals surface area contributed by atoms with E-state index in [1.165, 1.54) is 0 Å². The Morgan fingerprint density at radius 1 is 0.909 bits per heavy atom. The van der Waals surface area contributed by atoms with Crippen LogP contribution < -0.4 is 14.2 Å². The first-order chi connectivity index (χ1) is 10.7. The largest absolute Gasteiger partial charge is 0.497 e. The van der Waals surface area contributed by atoms with Gasteiger partial charge in [-0.15, -0.1) is 0 Å². The fraction of sp³-hybridized carbons (Fsp3) is 0.278. The van der Waals surface area contributed by atoms with Crippen LogP contribution in [0.25, 0.3) is 0 Å². The molecule has 22 heavy (non-hydrogen) atoms. The lowest BCUT2D eigenvalue weighted by atomic mass is 10.0. The fourth-order valence-electron chi connectivity index (χ4n) is 2.27. The van der Waals surface area contributed by atoms with E-state index in [4.69, 9.17) is 14.2 Å². The van der Waals surface area contributed by atoms with E-state index in [1.54, 1.807) is 33.5 Å². The number of hydrogen-bond acceptors (Lipinski definition) is 4. The van der Waals surface area contributed by atoms with Gasteiger partial charge in [0.15, 0.2) is 5.78 Å². The number of aryl methyl sites for hydroxylation is 1. The molecule has 4 heteroatoms. The number of carbonyl (C=O) groups excluding carboxylic acids is 1. The number of ether oxygens (including phenoxy) is 3. The van der Waals surface area contributed by atoms with Gasteiger partial charge in [-0.2, -0.15) is 0 Å². The van der Waals surface area contributed by atoms with Gasteiger partial charge in [0.25, 0.3) is 0 Å². The zero-order valence-corrected chi connectivity index (χ0v) is 13.1. The molecule has 0 aliphatic rings. The van der Waals surface area contributed by atoms with E-state index in [9.17, 15) is 4.79 Å². The highest BCUT2D eigenvalue weighted by molar-refractivity contribution is 5.96. The van der Waals surface area contributed by atoms with E-state index < -0.39 is 0 Å². The number of rotatable bonds is 7. The topological polar surface area (TPSA) is 44.8 Å². The molecule has 0 atom stereocenters. The molecule has 0 unspecified atom stereocenters. The molecule has 0 aliphatic carbocycles. The van der Waals surface area contributed by atoms with Gasteiger partial charge in [-0.25, -0.2) is 0 Å². The van der Waals surface area contributed by atoms with Crippen molar-refractivity contribution in [1.82, 2.24) is 0 Å². The van der Waals surface area contributed by atoms with Crippen LogP contribution >= 0.6 is 0 Å². The Morgan fingerprint density at radius 3 is 2.32 bits per heavy atom. The molecule has 2 rings (SSSR count). The molecule has 4 nitrogen and oxygen atoms in total. The Balaban J connectivity index is 2.10. The third-order valence-corrected chi connectivity index (χ3v) is 3.50. The maximum absolute atomic E-state index is 12.3. The average molecular weight is 300 g/mol. The van der Waals surface area contributed by atoms with Crippen LogP contribution in [-0.2, 0) is 6.42 Å². The van der Waals surface area contributed by atoms with E-state index >= 15 is 0 Å². The second-order valence-electron chi connectivity index (χ2n) is 4.83. The first kappa shape index (κ1) is 15.9. The molecule has 116 valence electrons. The van der Waals surface area contributed by atoms with Gasteiger partial charge in [0.2, 0.25) is 0 Å². The Hall–Kier alpha value is -2.49. The van der Waals surface area contributed by atoms with Gasteiger partial charge < -0.3 is 14.2 Å². The first-order valence-electron chi connectivity index (χ1n) is 7.06. The summed E-state index contributed by atoms with van der Waals surface area (Å²) in [5.74, 6) is 2.28. The third-order valence-electron chi connectivity index (χ3n) is 3.50. The van der Waals surface area contributed by atoms with Crippen molar-refractivity contribution in [2.45, 2.75) is 12.8 Å². The van der Waals surface area contributed by atoms with Gasteiger partial charge in [0.05, 0.1) is 21.3 Å². The van der Waals surface area contributed by atoms with Crippen LogP contribution in [0.3, 0.4) is 0 Å². The van der Waals surface area contributed by atoms with Crippen LogP contribution in [0.2, 0.25) is 0 Å². The van der Waals surface area contributed by atoms with Crippen molar-refractivity contribution in [1.29, 1.82) is 0 Å². The molecule has 2 aromatic rings. The van der Waals surface area contributed by atoms with Gasteiger partial charge in [-0.05, 0) is 42.3 Å². The van der Waals surface area contributed by atoms with Gasteiger partial charge in [-0.1, -0.05) is 12.1 Å². The van der Waals surface area contributed by atoms with Gasteiger partial charge in [-0.3, -0.25) is 4.79 Å². The molecular formula is C18H20O4. The second-order valence-corrected chi connectivity index (χ2v) is 4.83. The summed E-state index contributed by atoms with van der Waals surface area (Å²) in [6.45, 7) is 0. The van der Waals surface area contributed by atoms with E-state index in [-0.39, 0.29) is 5.78 Å². The minimum atomic E-state index is 0.0729. The van der Waals surface area contributed by atoms with Crippen LogP contribution in [0.5, 0.6) is 17.2 Å². The lowest BCUT2D eigenvalue weighted by Gasteiger charge is -2.10. The Bertz CT molecular complexity index is 649. The minimum Gasteiger partial charge on any atom is -0.497 e. The van der Waals surface area contributed by atoms with Crippen molar-refractivity contribution < 1.29 is 19.0 Å². The Kier molecular flexibility index (Phi) is 5.42. The number of methoxy groups -OCH3 is 3. The van der Waals surface area contributed by atoms with Crippen LogP contribution in [0, 0.1) is 0 Å². The SMILES string of the molecule is COc1cccc(C(=O)CCc2cc(OC)ccc2OC)c1. The Morgan fingerprint density at radius 2 is 1.64 bits per heavy atom. The third kappa shape index (κ3) is 3.79. The molecule has 0 aliphatic heterocycles. The highest BCUT2D eigenvalue weighted by Crippen LogP contribution is 2.25. The Labute approximate surface area is 130 Å². The molecule has 0 fully saturated rings. The summed E-state index contributed by atoms with van der Waals surface area (Å²) in [5, 5.41) is 0. The molecule has 0 aromatic heterocycles. The number of ketones is 1. The average Bonchev–Trinajstić information content (AvgIpc) is 2.59. The summed E-state index contributed by atoms with van der Waals surface area (Å²) >= 11 is 0. The molecule has 0 heterocycles. The number of carbonyl (C=O) groups is 1. The summed E-state index contributed by atoms with van der Waals surface area (Å²) < 4.78 is 15.7. The standard InChI is InChI=1S/C18H20O4/c1-20-15-6-4-5-13(11-15)17(19)9-7-14-12-16(21-2)8-10-18(14)22-3/h4-6,8,10-12H,7,9H2,1-3H3. The number of Topliss-reactive ketones (excluding diaryl/α,β-unsaturated/α-hetero) is 1. The zero-order valence-electron chi connectivity index (χ0n) is 13.1. The summed E-state index contributed by atoms with van der Waals surface area (Å²) in [5.41, 5.74) is 1.61. The quantitative estimate of drug-likeness (QED) is 0.734. The van der Waals surface area contributed by atoms with Gasteiger partial charge in [0.1, 0.15) is 17.2 Å². The summed E-state index contributed by atoms with van der Waals surface area (Å²) in [6.07, 6.45) is 0.993. The predicted molar refractivity (Wildman–Crippen MR) is 85.2 cm³/mol. The van der Waals surface area contributed by atoms with Crippen molar-refractivity contribution >= 4 is 5.78 Å². The van der Waals surface area contributed by atoms with Crippen molar-refractivity contribution in [2.75, 3.05) is 21.3 Å². The van der Waals surface area contributed by atoms with Crippen molar-refractivity contribution in [3.8, 4) is 17.2 Å². The van der Waals surface area contributed by atoms with E-state index in [0.29, 0.717) is 24.2 Å². The van der Waals surface area contributed by atoms with Crippen LogP contribution in [0.4, 0.5) is 0 Å². The smallest absolute Gasteiger partial charge is 0.163 e. The molecule has 0 bridgehead atoms. The zero-order chi connectivity index (χ0) is 15.9. The molecule has 0 spiro atoms. The fourth-order valence-corrected chi connectivity index (χ4v) is 2.27. The van der Waals surface area contributed by atoms with Crippen molar-refractivity contribution in [3.05, 3.63) is 53.6 Å². The van der Waals surface area contributed by atoms with E-state index in [1.807, 2.05) is 30.3 Å². The van der Waals surface area contributed by atoms with Crippen LogP contribution in [0.1, 0.15) is 22.3 Å². The molecular weight excluding hydrogens is 280 g/mol. The summed E-state index contributed by atoms with van der Waals surface area (Å²) in [4.78, 5) is 12.3. The first-order valence-corrected chi connectivity index (χ1v) is 7.06.